The number of nitrogens with one attached hydrogen (secondary N) is 1. The number of anilines is 1. The minimum atomic E-state index is -0.487. The molecule has 0 saturated carbocycles. The Morgan fingerprint density at radius 1 is 1.10 bits per heavy atom. The number of methoxy groups -OCH3 is 1. The summed E-state index contributed by atoms with van der Waals surface area (Å²) in [6, 6.07) is 19.1. The Kier molecular flexibility index (Phi) is 7.29. The first-order valence-corrected chi connectivity index (χ1v) is 10.3. The first kappa shape index (κ1) is 21.9. The Balaban J connectivity index is 1.94. The fraction of sp³-hybridized carbons (Fsp3) is 0.231. The lowest BCUT2D eigenvalue weighted by molar-refractivity contribution is -0.112. The second kappa shape index (κ2) is 10.3. The molecule has 0 aliphatic heterocycles. The van der Waals surface area contributed by atoms with Crippen molar-refractivity contribution in [2.24, 2.45) is 0 Å². The summed E-state index contributed by atoms with van der Waals surface area (Å²) in [5.74, 6) is 0.850. The molecule has 3 aromatic rings. The molecule has 0 atom stereocenters. The van der Waals surface area contributed by atoms with Gasteiger partial charge in [-0.1, -0.05) is 49.7 Å². The Morgan fingerprint density at radius 2 is 1.84 bits per heavy atom. The molecule has 0 fully saturated rings. The maximum atomic E-state index is 12.8. The second-order valence-corrected chi connectivity index (χ2v) is 7.23. The molecule has 0 spiro atoms. The van der Waals surface area contributed by atoms with Crippen molar-refractivity contribution >= 4 is 28.4 Å². The van der Waals surface area contributed by atoms with Crippen molar-refractivity contribution in [3.05, 3.63) is 71.3 Å². The molecule has 0 unspecified atom stereocenters. The van der Waals surface area contributed by atoms with E-state index < -0.39 is 5.91 Å². The summed E-state index contributed by atoms with van der Waals surface area (Å²) in [5, 5.41) is 14.3. The van der Waals surface area contributed by atoms with E-state index in [0.717, 1.165) is 40.5 Å². The van der Waals surface area contributed by atoms with Gasteiger partial charge in [-0.15, -0.1) is 0 Å². The molecule has 0 radical (unpaired) electrons. The van der Waals surface area contributed by atoms with Crippen LogP contribution in [0, 0.1) is 18.3 Å². The van der Waals surface area contributed by atoms with E-state index in [1.807, 2.05) is 61.5 Å². The second-order valence-electron chi connectivity index (χ2n) is 7.23. The number of rotatable bonds is 8. The lowest BCUT2D eigenvalue weighted by Crippen LogP contribution is -2.14. The normalized spacial score (nSPS) is 11.1. The van der Waals surface area contributed by atoms with Crippen molar-refractivity contribution in [2.45, 2.75) is 26.7 Å². The Hall–Kier alpha value is -3.78. The van der Waals surface area contributed by atoms with Crippen LogP contribution in [-0.2, 0) is 4.79 Å². The van der Waals surface area contributed by atoms with Gasteiger partial charge in [-0.2, -0.15) is 5.26 Å². The fourth-order valence-electron chi connectivity index (χ4n) is 3.29. The Bertz CT molecular complexity index is 1160. The van der Waals surface area contributed by atoms with Crippen LogP contribution in [0.25, 0.3) is 16.8 Å². The van der Waals surface area contributed by atoms with Gasteiger partial charge in [0.15, 0.2) is 0 Å². The highest BCUT2D eigenvalue weighted by molar-refractivity contribution is 6.11. The number of nitriles is 1. The largest absolute Gasteiger partial charge is 0.495 e. The van der Waals surface area contributed by atoms with Gasteiger partial charge in [0.1, 0.15) is 23.1 Å². The minimum absolute atomic E-state index is 0.00774. The molecule has 0 aliphatic rings. The summed E-state index contributed by atoms with van der Waals surface area (Å²) in [5.41, 5.74) is 2.29. The summed E-state index contributed by atoms with van der Waals surface area (Å²) in [6.07, 6.45) is 3.65. The molecule has 5 heteroatoms. The van der Waals surface area contributed by atoms with Crippen molar-refractivity contribution in [3.8, 4) is 17.6 Å². The van der Waals surface area contributed by atoms with Gasteiger partial charge in [-0.05, 0) is 54.1 Å². The Labute approximate surface area is 182 Å². The quantitative estimate of drug-likeness (QED) is 0.284. The van der Waals surface area contributed by atoms with E-state index in [9.17, 15) is 10.1 Å². The van der Waals surface area contributed by atoms with Crippen LogP contribution in [0.2, 0.25) is 0 Å². The smallest absolute Gasteiger partial charge is 0.266 e. The summed E-state index contributed by atoms with van der Waals surface area (Å²) in [4.78, 5) is 12.8. The molecule has 0 aliphatic carbocycles. The van der Waals surface area contributed by atoms with Gasteiger partial charge in [-0.25, -0.2) is 0 Å². The van der Waals surface area contributed by atoms with Crippen LogP contribution in [0.3, 0.4) is 0 Å². The van der Waals surface area contributed by atoms with Gasteiger partial charge in [0.05, 0.1) is 19.4 Å². The highest BCUT2D eigenvalue weighted by Crippen LogP contribution is 2.31. The number of hydrogen-bond donors (Lipinski definition) is 1. The zero-order valence-electron chi connectivity index (χ0n) is 18.1. The van der Waals surface area contributed by atoms with Crippen molar-refractivity contribution in [2.75, 3.05) is 19.0 Å². The third kappa shape index (κ3) is 5.23. The van der Waals surface area contributed by atoms with E-state index >= 15 is 0 Å². The maximum Gasteiger partial charge on any atom is 0.266 e. The zero-order valence-corrected chi connectivity index (χ0v) is 18.1. The molecule has 0 heterocycles. The van der Waals surface area contributed by atoms with Crippen LogP contribution >= 0.6 is 0 Å². The topological polar surface area (TPSA) is 71.3 Å². The molecule has 1 N–H and O–H groups in total. The summed E-state index contributed by atoms with van der Waals surface area (Å²) < 4.78 is 11.2. The molecule has 0 aromatic heterocycles. The number of unbranched alkanes of at least 4 members (excludes halogenated alkanes) is 1. The number of ether oxygens (including phenoxy) is 2. The molecule has 0 bridgehead atoms. The third-order valence-corrected chi connectivity index (χ3v) is 4.94. The van der Waals surface area contributed by atoms with Gasteiger partial charge in [0.2, 0.25) is 0 Å². The van der Waals surface area contributed by atoms with Crippen molar-refractivity contribution in [1.82, 2.24) is 0 Å². The first-order valence-electron chi connectivity index (χ1n) is 10.3. The van der Waals surface area contributed by atoms with Crippen LogP contribution in [-0.4, -0.2) is 19.6 Å². The number of amides is 1. The summed E-state index contributed by atoms with van der Waals surface area (Å²) in [7, 11) is 1.54. The SMILES string of the molecule is CCCCOc1ccc(/C=C(\C#N)C(=O)Nc2cc(C)ccc2OC)c2ccccc12. The van der Waals surface area contributed by atoms with Crippen LogP contribution < -0.4 is 14.8 Å². The monoisotopic (exact) mass is 414 g/mol. The predicted octanol–water partition coefficient (Wildman–Crippen LogP) is 5.88. The lowest BCUT2D eigenvalue weighted by atomic mass is 10.0. The number of carbonyl (C=O) groups is 1. The van der Waals surface area contributed by atoms with Crippen molar-refractivity contribution in [1.29, 1.82) is 5.26 Å². The molecule has 1 amide bonds. The lowest BCUT2D eigenvalue weighted by Gasteiger charge is -2.12. The Morgan fingerprint density at radius 3 is 2.55 bits per heavy atom. The molecule has 31 heavy (non-hydrogen) atoms. The standard InChI is InChI=1S/C26H26N2O3/c1-4-5-14-31-24-13-11-19(21-8-6-7-9-22(21)24)16-20(17-27)26(29)28-23-15-18(2)10-12-25(23)30-3/h6-13,15-16H,4-5,14H2,1-3H3,(H,28,29)/b20-16+. The summed E-state index contributed by atoms with van der Waals surface area (Å²) in [6.45, 7) is 4.70. The van der Waals surface area contributed by atoms with Gasteiger partial charge in [0.25, 0.3) is 5.91 Å². The molecule has 5 nitrogen and oxygen atoms in total. The highest BCUT2D eigenvalue weighted by Gasteiger charge is 2.14. The van der Waals surface area contributed by atoms with Crippen LogP contribution in [0.4, 0.5) is 5.69 Å². The van der Waals surface area contributed by atoms with E-state index in [2.05, 4.69) is 12.2 Å². The number of benzene rings is 3. The molecule has 3 rings (SSSR count). The predicted molar refractivity (Wildman–Crippen MR) is 124 cm³/mol. The molecule has 3 aromatic carbocycles. The van der Waals surface area contributed by atoms with Crippen LogP contribution in [0.5, 0.6) is 11.5 Å². The zero-order chi connectivity index (χ0) is 22.2. The van der Waals surface area contributed by atoms with Crippen LogP contribution in [0.15, 0.2) is 60.2 Å². The van der Waals surface area contributed by atoms with Gasteiger partial charge in [-0.3, -0.25) is 4.79 Å². The highest BCUT2D eigenvalue weighted by atomic mass is 16.5. The average molecular weight is 415 g/mol. The molecule has 158 valence electrons. The minimum Gasteiger partial charge on any atom is -0.495 e. The van der Waals surface area contributed by atoms with Crippen molar-refractivity contribution < 1.29 is 14.3 Å². The van der Waals surface area contributed by atoms with E-state index in [1.165, 1.54) is 7.11 Å². The summed E-state index contributed by atoms with van der Waals surface area (Å²) >= 11 is 0. The maximum absolute atomic E-state index is 12.8. The van der Waals surface area contributed by atoms with E-state index in [-0.39, 0.29) is 5.57 Å². The van der Waals surface area contributed by atoms with Gasteiger partial charge < -0.3 is 14.8 Å². The number of hydrogen-bond acceptors (Lipinski definition) is 4. The average Bonchev–Trinajstić information content (AvgIpc) is 2.78. The fourth-order valence-corrected chi connectivity index (χ4v) is 3.29. The number of fused-ring (bicyclic) bond motifs is 1. The molecule has 0 saturated heterocycles. The van der Waals surface area contributed by atoms with Crippen molar-refractivity contribution in [3.63, 3.8) is 0 Å². The van der Waals surface area contributed by atoms with Gasteiger partial charge >= 0.3 is 0 Å². The van der Waals surface area contributed by atoms with Gasteiger partial charge in [0, 0.05) is 5.39 Å². The van der Waals surface area contributed by atoms with E-state index in [0.29, 0.717) is 18.0 Å². The first-order chi connectivity index (χ1) is 15.1. The number of aryl methyl sites for hydroxylation is 1. The number of nitrogens with zero attached hydrogens (tertiary/aromatic N) is 1. The molecular formula is C26H26N2O3. The number of carbonyl (C=O) groups excluding carboxylic acids is 1. The van der Waals surface area contributed by atoms with E-state index in [4.69, 9.17) is 9.47 Å². The van der Waals surface area contributed by atoms with E-state index in [1.54, 1.807) is 12.1 Å². The molecular weight excluding hydrogens is 388 g/mol. The third-order valence-electron chi connectivity index (χ3n) is 4.94. The van der Waals surface area contributed by atoms with Crippen LogP contribution in [0.1, 0.15) is 30.9 Å².